The third-order valence-electron chi connectivity index (χ3n) is 2.53. The van der Waals surface area contributed by atoms with E-state index in [9.17, 15) is 0 Å². The van der Waals surface area contributed by atoms with Crippen LogP contribution in [0.4, 0.5) is 0 Å². The fourth-order valence-corrected chi connectivity index (χ4v) is 2.64. The van der Waals surface area contributed by atoms with Gasteiger partial charge in [0.1, 0.15) is 5.01 Å². The van der Waals surface area contributed by atoms with Crippen molar-refractivity contribution in [3.05, 3.63) is 40.9 Å². The highest BCUT2D eigenvalue weighted by atomic mass is 32.1. The number of benzene rings is 1. The second kappa shape index (κ2) is 5.51. The van der Waals surface area contributed by atoms with Gasteiger partial charge in [0.15, 0.2) is 0 Å². The highest BCUT2D eigenvalue weighted by molar-refractivity contribution is 7.80. The summed E-state index contributed by atoms with van der Waals surface area (Å²) in [6, 6.07) is 8.66. The Morgan fingerprint density at radius 2 is 2.00 bits per heavy atom. The zero-order chi connectivity index (χ0) is 11.4. The minimum absolute atomic E-state index is 0.859. The number of hydrogen-bond donors (Lipinski definition) is 1. The Morgan fingerprint density at radius 3 is 2.62 bits per heavy atom. The summed E-state index contributed by atoms with van der Waals surface area (Å²) in [4.78, 5) is 4.60. The molecular weight excluding hydrogens is 234 g/mol. The Balaban J connectivity index is 2.21. The Hall–Kier alpha value is -0.800. The fourth-order valence-electron chi connectivity index (χ4n) is 1.55. The van der Waals surface area contributed by atoms with Crippen LogP contribution in [0.1, 0.15) is 18.2 Å². The minimum Gasteiger partial charge on any atom is -0.241 e. The van der Waals surface area contributed by atoms with E-state index in [0.717, 1.165) is 29.3 Å². The molecule has 3 heteroatoms. The molecule has 0 aliphatic rings. The van der Waals surface area contributed by atoms with E-state index in [1.165, 1.54) is 11.1 Å². The monoisotopic (exact) mass is 249 g/mol. The highest BCUT2D eigenvalue weighted by Crippen LogP contribution is 2.24. The molecule has 2 rings (SSSR count). The Bertz CT molecular complexity index is 445. The van der Waals surface area contributed by atoms with Gasteiger partial charge in [0.25, 0.3) is 0 Å². The van der Waals surface area contributed by atoms with Gasteiger partial charge in [-0.3, -0.25) is 0 Å². The van der Waals surface area contributed by atoms with Crippen molar-refractivity contribution < 1.29 is 0 Å². The molecule has 16 heavy (non-hydrogen) atoms. The third-order valence-corrected chi connectivity index (χ3v) is 3.69. The average molecular weight is 249 g/mol. The van der Waals surface area contributed by atoms with Gasteiger partial charge in [0.2, 0.25) is 0 Å². The maximum absolute atomic E-state index is 4.60. The topological polar surface area (TPSA) is 12.9 Å². The lowest BCUT2D eigenvalue weighted by Crippen LogP contribution is -1.86. The average Bonchev–Trinajstić information content (AvgIpc) is 2.78. The molecule has 2 aromatic rings. The van der Waals surface area contributed by atoms with Crippen molar-refractivity contribution in [2.45, 2.75) is 19.8 Å². The van der Waals surface area contributed by atoms with Gasteiger partial charge < -0.3 is 0 Å². The van der Waals surface area contributed by atoms with Crippen molar-refractivity contribution in [1.82, 2.24) is 4.98 Å². The molecule has 0 N–H and O–H groups in total. The van der Waals surface area contributed by atoms with Crippen LogP contribution in [0.25, 0.3) is 10.6 Å². The van der Waals surface area contributed by atoms with Crippen molar-refractivity contribution in [2.75, 3.05) is 5.75 Å². The van der Waals surface area contributed by atoms with Crippen molar-refractivity contribution in [2.24, 2.45) is 0 Å². The molecule has 0 bridgehead atoms. The van der Waals surface area contributed by atoms with Gasteiger partial charge in [-0.05, 0) is 24.2 Å². The summed E-state index contributed by atoms with van der Waals surface area (Å²) < 4.78 is 0. The predicted octanol–water partition coefficient (Wildman–Crippen LogP) is 3.84. The predicted molar refractivity (Wildman–Crippen MR) is 74.5 cm³/mol. The highest BCUT2D eigenvalue weighted by Gasteiger charge is 2.03. The Morgan fingerprint density at radius 1 is 1.25 bits per heavy atom. The largest absolute Gasteiger partial charge is 0.241 e. The first-order valence-electron chi connectivity index (χ1n) is 5.48. The molecule has 0 saturated carbocycles. The molecule has 1 nitrogen and oxygen atoms in total. The molecule has 0 fully saturated rings. The van der Waals surface area contributed by atoms with Crippen LogP contribution >= 0.6 is 24.0 Å². The van der Waals surface area contributed by atoms with E-state index in [4.69, 9.17) is 0 Å². The fraction of sp³-hybridized carbons (Fsp3) is 0.308. The normalized spacial score (nSPS) is 10.6. The van der Waals surface area contributed by atoms with Crippen molar-refractivity contribution in [1.29, 1.82) is 0 Å². The zero-order valence-corrected chi connectivity index (χ0v) is 11.0. The van der Waals surface area contributed by atoms with Crippen LogP contribution in [0.5, 0.6) is 0 Å². The maximum Gasteiger partial charge on any atom is 0.123 e. The lowest BCUT2D eigenvalue weighted by molar-refractivity contribution is 1.08. The van der Waals surface area contributed by atoms with Crippen LogP contribution in [-0.2, 0) is 12.8 Å². The lowest BCUT2D eigenvalue weighted by atomic mass is 10.1. The summed E-state index contributed by atoms with van der Waals surface area (Å²) in [7, 11) is 0. The molecule has 0 spiro atoms. The van der Waals surface area contributed by atoms with Gasteiger partial charge in [0.05, 0.1) is 5.69 Å². The number of thiazole rings is 1. The molecule has 0 saturated heterocycles. The number of aromatic nitrogens is 1. The molecule has 0 radical (unpaired) electrons. The summed E-state index contributed by atoms with van der Waals surface area (Å²) in [6.07, 6.45) is 2.04. The van der Waals surface area contributed by atoms with E-state index in [1.807, 2.05) is 0 Å². The van der Waals surface area contributed by atoms with Crippen LogP contribution in [0, 0.1) is 0 Å². The summed E-state index contributed by atoms with van der Waals surface area (Å²) in [5.41, 5.74) is 3.73. The van der Waals surface area contributed by atoms with Gasteiger partial charge in [-0.15, -0.1) is 11.3 Å². The maximum atomic E-state index is 4.60. The van der Waals surface area contributed by atoms with Gasteiger partial charge in [0, 0.05) is 10.9 Å². The summed E-state index contributed by atoms with van der Waals surface area (Å²) in [6.45, 7) is 2.17. The first-order valence-corrected chi connectivity index (χ1v) is 6.99. The standard InChI is InChI=1S/C13H15NS2/c1-2-10-3-5-11(6-4-10)13-14-12(7-8-15)9-16-13/h3-6,9,15H,2,7-8H2,1H3. The molecule has 0 amide bonds. The van der Waals surface area contributed by atoms with E-state index in [0.29, 0.717) is 0 Å². The summed E-state index contributed by atoms with van der Waals surface area (Å²) >= 11 is 5.93. The molecule has 1 heterocycles. The van der Waals surface area contributed by atoms with Gasteiger partial charge >= 0.3 is 0 Å². The number of hydrogen-bond acceptors (Lipinski definition) is 3. The first-order chi connectivity index (χ1) is 7.83. The zero-order valence-electron chi connectivity index (χ0n) is 9.31. The van der Waals surface area contributed by atoms with Crippen LogP contribution in [0.2, 0.25) is 0 Å². The van der Waals surface area contributed by atoms with Crippen LogP contribution in [0.3, 0.4) is 0 Å². The van der Waals surface area contributed by atoms with E-state index < -0.39 is 0 Å². The first kappa shape index (κ1) is 11.7. The lowest BCUT2D eigenvalue weighted by Gasteiger charge is -1.98. The summed E-state index contributed by atoms with van der Waals surface area (Å²) in [5, 5.41) is 3.23. The van der Waals surface area contributed by atoms with Crippen LogP contribution < -0.4 is 0 Å². The number of aryl methyl sites for hydroxylation is 2. The molecule has 0 aliphatic carbocycles. The van der Waals surface area contributed by atoms with Crippen molar-refractivity contribution in [3.63, 3.8) is 0 Å². The molecule has 0 atom stereocenters. The van der Waals surface area contributed by atoms with E-state index in [2.05, 4.69) is 54.2 Å². The minimum atomic E-state index is 0.859. The van der Waals surface area contributed by atoms with Crippen molar-refractivity contribution >= 4 is 24.0 Å². The number of nitrogens with zero attached hydrogens (tertiary/aromatic N) is 1. The van der Waals surface area contributed by atoms with E-state index >= 15 is 0 Å². The van der Waals surface area contributed by atoms with E-state index in [-0.39, 0.29) is 0 Å². The van der Waals surface area contributed by atoms with Gasteiger partial charge in [-0.25, -0.2) is 4.98 Å². The second-order valence-corrected chi connectivity index (χ2v) is 4.97. The molecule has 84 valence electrons. The van der Waals surface area contributed by atoms with E-state index in [1.54, 1.807) is 11.3 Å². The number of thiol groups is 1. The molecule has 0 aliphatic heterocycles. The van der Waals surface area contributed by atoms with Crippen LogP contribution in [0.15, 0.2) is 29.6 Å². The SMILES string of the molecule is CCc1ccc(-c2nc(CCS)cs2)cc1. The van der Waals surface area contributed by atoms with Crippen molar-refractivity contribution in [3.8, 4) is 10.6 Å². The molecular formula is C13H15NS2. The molecule has 0 unspecified atom stereocenters. The second-order valence-electron chi connectivity index (χ2n) is 3.67. The van der Waals surface area contributed by atoms with Gasteiger partial charge in [-0.1, -0.05) is 31.2 Å². The molecule has 1 aromatic carbocycles. The quantitative estimate of drug-likeness (QED) is 0.812. The Kier molecular flexibility index (Phi) is 4.02. The summed E-state index contributed by atoms with van der Waals surface area (Å²) in [5.74, 6) is 0.859. The third kappa shape index (κ3) is 2.66. The Labute approximate surface area is 106 Å². The molecule has 1 aromatic heterocycles. The van der Waals surface area contributed by atoms with Gasteiger partial charge in [-0.2, -0.15) is 12.6 Å². The number of rotatable bonds is 4. The van der Waals surface area contributed by atoms with Crippen LogP contribution in [-0.4, -0.2) is 10.7 Å². The smallest absolute Gasteiger partial charge is 0.123 e.